The van der Waals surface area contributed by atoms with Gasteiger partial charge in [-0.15, -0.1) is 0 Å². The number of hydrogen-bond acceptors (Lipinski definition) is 1. The molecule has 1 atom stereocenters. The highest BCUT2D eigenvalue weighted by Gasteiger charge is 2.15. The summed E-state index contributed by atoms with van der Waals surface area (Å²) < 4.78 is 0. The monoisotopic (exact) mass is 247 g/mol. The van der Waals surface area contributed by atoms with E-state index in [2.05, 4.69) is 77.8 Å². The van der Waals surface area contributed by atoms with Crippen LogP contribution in [0.15, 0.2) is 24.3 Å². The van der Waals surface area contributed by atoms with E-state index in [0.29, 0.717) is 12.1 Å². The molecule has 1 rings (SSSR count). The summed E-state index contributed by atoms with van der Waals surface area (Å²) in [7, 11) is 2.21. The fourth-order valence-electron chi connectivity index (χ4n) is 2.13. The minimum atomic E-state index is 0.249. The van der Waals surface area contributed by atoms with Gasteiger partial charge in [0.25, 0.3) is 0 Å². The summed E-state index contributed by atoms with van der Waals surface area (Å²) in [6, 6.07) is 10.3. The SMILES string of the molecule is CC(C)N(C)C(C)Cc1ccc(C(C)(C)C)cc1. The van der Waals surface area contributed by atoms with E-state index in [1.807, 2.05) is 0 Å². The van der Waals surface area contributed by atoms with Crippen LogP contribution in [0.3, 0.4) is 0 Å². The maximum atomic E-state index is 2.43. The van der Waals surface area contributed by atoms with Gasteiger partial charge in [-0.25, -0.2) is 0 Å². The molecule has 1 unspecified atom stereocenters. The predicted molar refractivity (Wildman–Crippen MR) is 81.2 cm³/mol. The van der Waals surface area contributed by atoms with Crippen LogP contribution >= 0.6 is 0 Å². The Morgan fingerprint density at radius 3 is 1.89 bits per heavy atom. The smallest absolute Gasteiger partial charge is 0.0107 e. The van der Waals surface area contributed by atoms with Crippen LogP contribution in [0.2, 0.25) is 0 Å². The lowest BCUT2D eigenvalue weighted by Crippen LogP contribution is -2.36. The summed E-state index contributed by atoms with van der Waals surface area (Å²) in [5.41, 5.74) is 3.10. The van der Waals surface area contributed by atoms with Gasteiger partial charge in [0.2, 0.25) is 0 Å². The Balaban J connectivity index is 2.70. The van der Waals surface area contributed by atoms with Crippen molar-refractivity contribution in [2.24, 2.45) is 0 Å². The number of likely N-dealkylation sites (N-methyl/N-ethyl adjacent to an activating group) is 1. The molecule has 0 radical (unpaired) electrons. The van der Waals surface area contributed by atoms with E-state index in [9.17, 15) is 0 Å². The van der Waals surface area contributed by atoms with E-state index in [1.54, 1.807) is 0 Å². The molecule has 0 aliphatic heterocycles. The fourth-order valence-corrected chi connectivity index (χ4v) is 2.13. The van der Waals surface area contributed by atoms with E-state index < -0.39 is 0 Å². The zero-order valence-electron chi connectivity index (χ0n) is 13.1. The largest absolute Gasteiger partial charge is 0.301 e. The quantitative estimate of drug-likeness (QED) is 0.768. The minimum absolute atomic E-state index is 0.249. The van der Waals surface area contributed by atoms with Gasteiger partial charge in [0.05, 0.1) is 0 Å². The van der Waals surface area contributed by atoms with Crippen molar-refractivity contribution in [2.45, 2.75) is 65.5 Å². The highest BCUT2D eigenvalue weighted by atomic mass is 15.1. The summed E-state index contributed by atoms with van der Waals surface area (Å²) in [6.07, 6.45) is 1.12. The second-order valence-corrected chi connectivity index (χ2v) is 6.76. The van der Waals surface area contributed by atoms with Crippen LogP contribution in [0.5, 0.6) is 0 Å². The van der Waals surface area contributed by atoms with Gasteiger partial charge in [-0.3, -0.25) is 0 Å². The normalized spacial score (nSPS) is 14.3. The predicted octanol–water partition coefficient (Wildman–Crippen LogP) is 4.26. The maximum absolute atomic E-state index is 2.43. The third kappa shape index (κ3) is 4.13. The zero-order valence-corrected chi connectivity index (χ0v) is 13.1. The van der Waals surface area contributed by atoms with E-state index in [4.69, 9.17) is 0 Å². The van der Waals surface area contributed by atoms with Crippen LogP contribution < -0.4 is 0 Å². The topological polar surface area (TPSA) is 3.24 Å². The number of nitrogens with zero attached hydrogens (tertiary/aromatic N) is 1. The van der Waals surface area contributed by atoms with Crippen LogP contribution in [0.25, 0.3) is 0 Å². The van der Waals surface area contributed by atoms with Crippen LogP contribution in [0, 0.1) is 0 Å². The molecule has 1 nitrogen and oxygen atoms in total. The van der Waals surface area contributed by atoms with Gasteiger partial charge in [-0.2, -0.15) is 0 Å². The first-order chi connectivity index (χ1) is 8.21. The van der Waals surface area contributed by atoms with E-state index >= 15 is 0 Å². The highest BCUT2D eigenvalue weighted by molar-refractivity contribution is 5.27. The first-order valence-electron chi connectivity index (χ1n) is 7.03. The molecule has 1 aromatic carbocycles. The molecule has 0 aromatic heterocycles. The Bertz CT molecular complexity index is 356. The molecule has 0 saturated heterocycles. The zero-order chi connectivity index (χ0) is 13.9. The van der Waals surface area contributed by atoms with Crippen molar-refractivity contribution in [1.82, 2.24) is 4.90 Å². The molecule has 1 aromatic rings. The molecule has 102 valence electrons. The Morgan fingerprint density at radius 2 is 1.50 bits per heavy atom. The average Bonchev–Trinajstić information content (AvgIpc) is 2.27. The average molecular weight is 247 g/mol. The van der Waals surface area contributed by atoms with Crippen LogP contribution in [-0.2, 0) is 11.8 Å². The summed E-state index contributed by atoms with van der Waals surface area (Å²) in [4.78, 5) is 2.43. The molecule has 18 heavy (non-hydrogen) atoms. The van der Waals surface area contributed by atoms with E-state index in [-0.39, 0.29) is 5.41 Å². The van der Waals surface area contributed by atoms with Crippen molar-refractivity contribution >= 4 is 0 Å². The molecule has 0 fully saturated rings. The Morgan fingerprint density at radius 1 is 1.00 bits per heavy atom. The molecule has 1 heteroatoms. The number of benzene rings is 1. The highest BCUT2D eigenvalue weighted by Crippen LogP contribution is 2.22. The van der Waals surface area contributed by atoms with Crippen LogP contribution in [-0.4, -0.2) is 24.0 Å². The molecule has 0 bridgehead atoms. The summed E-state index contributed by atoms with van der Waals surface area (Å²) in [6.45, 7) is 13.6. The maximum Gasteiger partial charge on any atom is 0.0107 e. The summed E-state index contributed by atoms with van der Waals surface area (Å²) >= 11 is 0. The third-order valence-electron chi connectivity index (χ3n) is 3.86. The lowest BCUT2D eigenvalue weighted by atomic mass is 9.86. The van der Waals surface area contributed by atoms with E-state index in [1.165, 1.54) is 11.1 Å². The molecule has 0 spiro atoms. The first kappa shape index (κ1) is 15.2. The Hall–Kier alpha value is -0.820. The molecular weight excluding hydrogens is 218 g/mol. The molecular formula is C17H29N. The minimum Gasteiger partial charge on any atom is -0.301 e. The van der Waals surface area contributed by atoms with Crippen molar-refractivity contribution in [3.8, 4) is 0 Å². The standard InChI is InChI=1S/C17H29N/c1-13(2)18(7)14(3)12-15-8-10-16(11-9-15)17(4,5)6/h8-11,13-14H,12H2,1-7H3. The van der Waals surface area contributed by atoms with Crippen LogP contribution in [0.4, 0.5) is 0 Å². The molecule has 0 aliphatic rings. The summed E-state index contributed by atoms with van der Waals surface area (Å²) in [5.74, 6) is 0. The first-order valence-corrected chi connectivity index (χ1v) is 7.03. The second-order valence-electron chi connectivity index (χ2n) is 6.76. The van der Waals surface area contributed by atoms with Crippen molar-refractivity contribution in [1.29, 1.82) is 0 Å². The number of hydrogen-bond donors (Lipinski definition) is 0. The van der Waals surface area contributed by atoms with Gasteiger partial charge >= 0.3 is 0 Å². The van der Waals surface area contributed by atoms with Gasteiger partial charge in [0, 0.05) is 12.1 Å². The third-order valence-corrected chi connectivity index (χ3v) is 3.86. The van der Waals surface area contributed by atoms with Crippen molar-refractivity contribution < 1.29 is 0 Å². The van der Waals surface area contributed by atoms with Crippen molar-refractivity contribution in [2.75, 3.05) is 7.05 Å². The molecule has 0 aliphatic carbocycles. The van der Waals surface area contributed by atoms with Crippen molar-refractivity contribution in [3.63, 3.8) is 0 Å². The van der Waals surface area contributed by atoms with Gasteiger partial charge < -0.3 is 4.90 Å². The second kappa shape index (κ2) is 5.88. The molecule has 0 amide bonds. The van der Waals surface area contributed by atoms with Crippen LogP contribution in [0.1, 0.15) is 52.7 Å². The lowest BCUT2D eigenvalue weighted by molar-refractivity contribution is 0.207. The Labute approximate surface area is 113 Å². The van der Waals surface area contributed by atoms with Gasteiger partial charge in [-0.05, 0) is 50.8 Å². The van der Waals surface area contributed by atoms with Gasteiger partial charge in [0.15, 0.2) is 0 Å². The van der Waals surface area contributed by atoms with Gasteiger partial charge in [-0.1, -0.05) is 45.0 Å². The molecule has 0 heterocycles. The van der Waals surface area contributed by atoms with E-state index in [0.717, 1.165) is 6.42 Å². The molecule has 0 saturated carbocycles. The fraction of sp³-hybridized carbons (Fsp3) is 0.647. The lowest BCUT2D eigenvalue weighted by Gasteiger charge is -2.28. The van der Waals surface area contributed by atoms with Crippen molar-refractivity contribution in [3.05, 3.63) is 35.4 Å². The molecule has 0 N–H and O–H groups in total. The van der Waals surface area contributed by atoms with Gasteiger partial charge in [0.1, 0.15) is 0 Å². The summed E-state index contributed by atoms with van der Waals surface area (Å²) in [5, 5.41) is 0. The number of rotatable bonds is 4. The Kier molecular flexibility index (Phi) is 4.98.